The Morgan fingerprint density at radius 2 is 1.93 bits per heavy atom. The largest absolute Gasteiger partial charge is 0.493 e. The van der Waals surface area contributed by atoms with E-state index < -0.39 is 10.0 Å². The van der Waals surface area contributed by atoms with E-state index in [1.165, 1.54) is 12.1 Å². The van der Waals surface area contributed by atoms with Crippen LogP contribution >= 0.6 is 0 Å². The highest BCUT2D eigenvalue weighted by molar-refractivity contribution is 7.89. The Bertz CT molecular complexity index is 869. The Hall–Kier alpha value is -2.42. The summed E-state index contributed by atoms with van der Waals surface area (Å²) in [5, 5.41) is 2.71. The highest BCUT2D eigenvalue weighted by Crippen LogP contribution is 2.17. The Kier molecular flexibility index (Phi) is 7.78. The summed E-state index contributed by atoms with van der Waals surface area (Å²) in [6.45, 7) is 2.75. The molecule has 0 radical (unpaired) electrons. The van der Waals surface area contributed by atoms with Gasteiger partial charge in [-0.15, -0.1) is 0 Å². The van der Waals surface area contributed by atoms with Crippen LogP contribution < -0.4 is 20.5 Å². The Morgan fingerprint density at radius 3 is 2.67 bits per heavy atom. The van der Waals surface area contributed by atoms with Crippen molar-refractivity contribution in [2.75, 3.05) is 25.0 Å². The number of nitrogens with two attached hydrogens (primary N) is 1. The number of anilines is 1. The number of amides is 1. The number of carbonyl (C=O) groups excluding carboxylic acids is 1. The first-order valence-corrected chi connectivity index (χ1v) is 10.2. The summed E-state index contributed by atoms with van der Waals surface area (Å²) in [6.07, 6.45) is 0.824. The second-order valence-electron chi connectivity index (χ2n) is 5.98. The molecule has 146 valence electrons. The van der Waals surface area contributed by atoms with Crippen LogP contribution in [0.25, 0.3) is 0 Å². The normalized spacial score (nSPS) is 11.2. The fourth-order valence-corrected chi connectivity index (χ4v) is 3.47. The van der Waals surface area contributed by atoms with Crippen LogP contribution in [0.3, 0.4) is 0 Å². The molecule has 0 aliphatic carbocycles. The molecule has 0 atom stereocenters. The maximum atomic E-state index is 12.1. The molecule has 1 amide bonds. The van der Waals surface area contributed by atoms with Gasteiger partial charge in [0.2, 0.25) is 15.9 Å². The maximum Gasteiger partial charge on any atom is 0.240 e. The molecule has 0 bridgehead atoms. The standard InChI is InChI=1S/C19H25N3O4S/c1-15-6-2-3-9-18(15)26-13-5-10-19(23)22-16-7-4-8-17(14-16)27(24,25)21-12-11-20/h2-4,6-9,14,21H,5,10-13,20H2,1H3,(H,22,23). The van der Waals surface area contributed by atoms with E-state index in [0.717, 1.165) is 11.3 Å². The van der Waals surface area contributed by atoms with Crippen LogP contribution in [0, 0.1) is 6.92 Å². The molecule has 0 aliphatic rings. The van der Waals surface area contributed by atoms with E-state index in [9.17, 15) is 13.2 Å². The van der Waals surface area contributed by atoms with Gasteiger partial charge in [0.25, 0.3) is 0 Å². The molecular formula is C19H25N3O4S. The van der Waals surface area contributed by atoms with Crippen LogP contribution in [0.1, 0.15) is 18.4 Å². The van der Waals surface area contributed by atoms with Crippen LogP contribution in [0.5, 0.6) is 5.75 Å². The third-order valence-electron chi connectivity index (χ3n) is 3.76. The second-order valence-corrected chi connectivity index (χ2v) is 7.75. The number of hydrogen-bond donors (Lipinski definition) is 3. The average molecular weight is 391 g/mol. The predicted octanol–water partition coefficient (Wildman–Crippen LogP) is 2.03. The van der Waals surface area contributed by atoms with Crippen molar-refractivity contribution in [1.29, 1.82) is 0 Å². The lowest BCUT2D eigenvalue weighted by atomic mass is 10.2. The van der Waals surface area contributed by atoms with E-state index in [1.807, 2.05) is 31.2 Å². The number of rotatable bonds is 10. The van der Waals surface area contributed by atoms with Crippen molar-refractivity contribution >= 4 is 21.6 Å². The molecule has 7 nitrogen and oxygen atoms in total. The monoisotopic (exact) mass is 391 g/mol. The van der Waals surface area contributed by atoms with Gasteiger partial charge in [-0.2, -0.15) is 0 Å². The first-order chi connectivity index (χ1) is 12.9. The molecule has 4 N–H and O–H groups in total. The van der Waals surface area contributed by atoms with Gasteiger partial charge < -0.3 is 15.8 Å². The Balaban J connectivity index is 1.83. The van der Waals surface area contributed by atoms with Gasteiger partial charge in [-0.3, -0.25) is 4.79 Å². The fourth-order valence-electron chi connectivity index (χ4n) is 2.37. The number of benzene rings is 2. The lowest BCUT2D eigenvalue weighted by Gasteiger charge is -2.10. The minimum atomic E-state index is -3.64. The SMILES string of the molecule is Cc1ccccc1OCCCC(=O)Nc1cccc(S(=O)(=O)NCCN)c1. The third kappa shape index (κ3) is 6.67. The highest BCUT2D eigenvalue weighted by Gasteiger charge is 2.14. The van der Waals surface area contributed by atoms with Gasteiger partial charge in [-0.25, -0.2) is 13.1 Å². The number of ether oxygens (including phenoxy) is 1. The third-order valence-corrected chi connectivity index (χ3v) is 5.22. The van der Waals surface area contributed by atoms with Crippen molar-refractivity contribution < 1.29 is 17.9 Å². The Morgan fingerprint density at radius 1 is 1.15 bits per heavy atom. The van der Waals surface area contributed by atoms with Crippen molar-refractivity contribution in [2.45, 2.75) is 24.7 Å². The van der Waals surface area contributed by atoms with Gasteiger partial charge >= 0.3 is 0 Å². The fraction of sp³-hybridized carbons (Fsp3) is 0.316. The van der Waals surface area contributed by atoms with Crippen LogP contribution in [0.4, 0.5) is 5.69 Å². The molecule has 2 aromatic carbocycles. The lowest BCUT2D eigenvalue weighted by Crippen LogP contribution is -2.29. The number of para-hydroxylation sites is 1. The summed E-state index contributed by atoms with van der Waals surface area (Å²) < 4.78 is 32.3. The number of aryl methyl sites for hydroxylation is 1. The van der Waals surface area contributed by atoms with E-state index in [-0.39, 0.29) is 30.3 Å². The number of carbonyl (C=O) groups is 1. The molecule has 0 aliphatic heterocycles. The molecule has 0 spiro atoms. The summed E-state index contributed by atoms with van der Waals surface area (Å²) in [7, 11) is -3.64. The van der Waals surface area contributed by atoms with Crippen molar-refractivity contribution in [1.82, 2.24) is 4.72 Å². The molecule has 0 unspecified atom stereocenters. The molecule has 0 saturated carbocycles. The van der Waals surface area contributed by atoms with E-state index in [1.54, 1.807) is 12.1 Å². The van der Waals surface area contributed by atoms with E-state index in [4.69, 9.17) is 10.5 Å². The average Bonchev–Trinajstić information content (AvgIpc) is 2.65. The zero-order valence-electron chi connectivity index (χ0n) is 15.3. The summed E-state index contributed by atoms with van der Waals surface area (Å²) >= 11 is 0. The number of hydrogen-bond acceptors (Lipinski definition) is 5. The van der Waals surface area contributed by atoms with Crippen molar-refractivity contribution in [2.24, 2.45) is 5.73 Å². The highest BCUT2D eigenvalue weighted by atomic mass is 32.2. The molecular weight excluding hydrogens is 366 g/mol. The van der Waals surface area contributed by atoms with Gasteiger partial charge in [0.1, 0.15) is 5.75 Å². The van der Waals surface area contributed by atoms with Crippen LogP contribution in [0.15, 0.2) is 53.4 Å². The van der Waals surface area contributed by atoms with Gasteiger partial charge in [0.15, 0.2) is 0 Å². The van der Waals surface area contributed by atoms with Crippen molar-refractivity contribution in [3.05, 3.63) is 54.1 Å². The molecule has 0 aromatic heterocycles. The van der Waals surface area contributed by atoms with Crippen LogP contribution in [-0.4, -0.2) is 34.0 Å². The molecule has 0 heterocycles. The van der Waals surface area contributed by atoms with Crippen LogP contribution in [-0.2, 0) is 14.8 Å². The molecule has 2 rings (SSSR count). The number of sulfonamides is 1. The van der Waals surface area contributed by atoms with Crippen LogP contribution in [0.2, 0.25) is 0 Å². The summed E-state index contributed by atoms with van der Waals surface area (Å²) in [4.78, 5) is 12.2. The molecule has 8 heteroatoms. The molecule has 0 fully saturated rings. The summed E-state index contributed by atoms with van der Waals surface area (Å²) in [5.74, 6) is 0.605. The smallest absolute Gasteiger partial charge is 0.240 e. The minimum absolute atomic E-state index is 0.0802. The molecule has 2 aromatic rings. The first kappa shape index (κ1) is 20.9. The Labute approximate surface area is 160 Å². The van der Waals surface area contributed by atoms with Crippen molar-refractivity contribution in [3.8, 4) is 5.75 Å². The van der Waals surface area contributed by atoms with E-state index >= 15 is 0 Å². The minimum Gasteiger partial charge on any atom is -0.493 e. The van der Waals surface area contributed by atoms with Crippen molar-refractivity contribution in [3.63, 3.8) is 0 Å². The predicted molar refractivity (Wildman–Crippen MR) is 105 cm³/mol. The lowest BCUT2D eigenvalue weighted by molar-refractivity contribution is -0.116. The van der Waals surface area contributed by atoms with Gasteiger partial charge in [0, 0.05) is 25.2 Å². The topological polar surface area (TPSA) is 111 Å². The summed E-state index contributed by atoms with van der Waals surface area (Å²) in [6, 6.07) is 13.8. The van der Waals surface area contributed by atoms with Gasteiger partial charge in [0.05, 0.1) is 11.5 Å². The first-order valence-electron chi connectivity index (χ1n) is 8.70. The number of nitrogens with one attached hydrogen (secondary N) is 2. The zero-order chi connectivity index (χ0) is 19.7. The van der Waals surface area contributed by atoms with Gasteiger partial charge in [-0.05, 0) is 43.2 Å². The van der Waals surface area contributed by atoms with Gasteiger partial charge in [-0.1, -0.05) is 24.3 Å². The second kappa shape index (κ2) is 10.1. The van der Waals surface area contributed by atoms with E-state index in [2.05, 4.69) is 10.0 Å². The quantitative estimate of drug-likeness (QED) is 0.537. The van der Waals surface area contributed by atoms with E-state index in [0.29, 0.717) is 18.7 Å². The molecule has 0 saturated heterocycles. The summed E-state index contributed by atoms with van der Waals surface area (Å²) in [5.41, 5.74) is 6.79. The molecule has 27 heavy (non-hydrogen) atoms. The maximum absolute atomic E-state index is 12.1. The zero-order valence-corrected chi connectivity index (χ0v) is 16.1.